The molecule has 112 valence electrons. The van der Waals surface area contributed by atoms with Crippen LogP contribution in [0.2, 0.25) is 5.02 Å². The first kappa shape index (κ1) is 15.1. The minimum Gasteiger partial charge on any atom is -0.0843 e. The minimum atomic E-state index is 0.787. The van der Waals surface area contributed by atoms with E-state index in [0.717, 1.165) is 11.4 Å². The van der Waals surface area contributed by atoms with Crippen molar-refractivity contribution in [2.45, 2.75) is 33.1 Å². The lowest BCUT2D eigenvalue weighted by molar-refractivity contribution is 0.796. The maximum atomic E-state index is 6.07. The number of hydrogen-bond donors (Lipinski definition) is 0. The van der Waals surface area contributed by atoms with Gasteiger partial charge in [0, 0.05) is 5.02 Å². The fourth-order valence-electron chi connectivity index (χ4n) is 3.15. The Bertz CT molecular complexity index is 785. The SMILES string of the molecule is CCCCc1cc(C)c2ccccc2c1-c1ccc(Cl)cc1. The molecule has 0 saturated heterocycles. The van der Waals surface area contributed by atoms with Gasteiger partial charge < -0.3 is 0 Å². The fraction of sp³-hybridized carbons (Fsp3) is 0.238. The van der Waals surface area contributed by atoms with Crippen LogP contribution in [0.1, 0.15) is 30.9 Å². The second-order valence-corrected chi connectivity index (χ2v) is 6.32. The molecule has 3 aromatic carbocycles. The smallest absolute Gasteiger partial charge is 0.0406 e. The number of benzene rings is 3. The van der Waals surface area contributed by atoms with Crippen LogP contribution < -0.4 is 0 Å². The van der Waals surface area contributed by atoms with Crippen LogP contribution in [0.4, 0.5) is 0 Å². The van der Waals surface area contributed by atoms with Crippen molar-refractivity contribution in [1.29, 1.82) is 0 Å². The summed E-state index contributed by atoms with van der Waals surface area (Å²) >= 11 is 6.07. The number of fused-ring (bicyclic) bond motifs is 1. The molecule has 3 rings (SSSR count). The van der Waals surface area contributed by atoms with Crippen LogP contribution in [0.25, 0.3) is 21.9 Å². The molecule has 0 aromatic heterocycles. The Kier molecular flexibility index (Phi) is 4.49. The van der Waals surface area contributed by atoms with E-state index in [-0.39, 0.29) is 0 Å². The predicted molar refractivity (Wildman–Crippen MR) is 97.7 cm³/mol. The first-order chi connectivity index (χ1) is 10.7. The van der Waals surface area contributed by atoms with Crippen LogP contribution in [-0.4, -0.2) is 0 Å². The zero-order valence-corrected chi connectivity index (χ0v) is 14.0. The Balaban J connectivity index is 2.28. The van der Waals surface area contributed by atoms with Gasteiger partial charge in [-0.25, -0.2) is 0 Å². The fourth-order valence-corrected chi connectivity index (χ4v) is 3.28. The third kappa shape index (κ3) is 2.89. The van der Waals surface area contributed by atoms with E-state index in [1.807, 2.05) is 12.1 Å². The third-order valence-electron chi connectivity index (χ3n) is 4.27. The van der Waals surface area contributed by atoms with Gasteiger partial charge >= 0.3 is 0 Å². The lowest BCUT2D eigenvalue weighted by Gasteiger charge is -2.16. The van der Waals surface area contributed by atoms with Gasteiger partial charge in [-0.1, -0.05) is 67.4 Å². The molecule has 0 atom stereocenters. The van der Waals surface area contributed by atoms with Crippen molar-refractivity contribution < 1.29 is 0 Å². The predicted octanol–water partition coefficient (Wildman–Crippen LogP) is 6.81. The van der Waals surface area contributed by atoms with Gasteiger partial charge in [-0.2, -0.15) is 0 Å². The molecular formula is C21H21Cl. The number of unbranched alkanes of at least 4 members (excludes halogenated alkanes) is 1. The average molecular weight is 309 g/mol. The van der Waals surface area contributed by atoms with E-state index in [0.29, 0.717) is 0 Å². The number of rotatable bonds is 4. The maximum Gasteiger partial charge on any atom is 0.0406 e. The van der Waals surface area contributed by atoms with E-state index >= 15 is 0 Å². The van der Waals surface area contributed by atoms with Gasteiger partial charge in [0.1, 0.15) is 0 Å². The average Bonchev–Trinajstić information content (AvgIpc) is 2.54. The van der Waals surface area contributed by atoms with Crippen molar-refractivity contribution in [2.75, 3.05) is 0 Å². The van der Waals surface area contributed by atoms with Gasteiger partial charge in [-0.05, 0) is 64.9 Å². The van der Waals surface area contributed by atoms with Gasteiger partial charge in [-0.3, -0.25) is 0 Å². The zero-order chi connectivity index (χ0) is 15.5. The van der Waals surface area contributed by atoms with Crippen LogP contribution in [-0.2, 0) is 6.42 Å². The standard InChI is InChI=1S/C21H21Cl/c1-3-4-7-17-14-15(2)19-8-5-6-9-20(19)21(17)16-10-12-18(22)13-11-16/h5-6,8-14H,3-4,7H2,1-2H3. The minimum absolute atomic E-state index is 0.787. The highest BCUT2D eigenvalue weighted by Gasteiger charge is 2.11. The van der Waals surface area contributed by atoms with Crippen LogP contribution in [0.3, 0.4) is 0 Å². The number of halogens is 1. The Morgan fingerprint density at radius 3 is 2.27 bits per heavy atom. The van der Waals surface area contributed by atoms with Gasteiger partial charge in [-0.15, -0.1) is 0 Å². The molecule has 0 N–H and O–H groups in total. The highest BCUT2D eigenvalue weighted by molar-refractivity contribution is 6.30. The first-order valence-corrected chi connectivity index (χ1v) is 8.35. The zero-order valence-electron chi connectivity index (χ0n) is 13.2. The van der Waals surface area contributed by atoms with Gasteiger partial charge in [0.15, 0.2) is 0 Å². The summed E-state index contributed by atoms with van der Waals surface area (Å²) in [7, 11) is 0. The summed E-state index contributed by atoms with van der Waals surface area (Å²) in [6.45, 7) is 4.46. The van der Waals surface area contributed by atoms with Gasteiger partial charge in [0.05, 0.1) is 0 Å². The summed E-state index contributed by atoms with van der Waals surface area (Å²) in [6, 6.07) is 19.3. The molecular weight excluding hydrogens is 288 g/mol. The molecule has 0 aliphatic heterocycles. The number of aryl methyl sites for hydroxylation is 2. The molecule has 0 unspecified atom stereocenters. The largest absolute Gasteiger partial charge is 0.0843 e. The lowest BCUT2D eigenvalue weighted by Crippen LogP contribution is -1.94. The van der Waals surface area contributed by atoms with Crippen LogP contribution in [0.15, 0.2) is 54.6 Å². The first-order valence-electron chi connectivity index (χ1n) is 7.98. The molecule has 22 heavy (non-hydrogen) atoms. The molecule has 0 heterocycles. The molecule has 0 bridgehead atoms. The van der Waals surface area contributed by atoms with Crippen molar-refractivity contribution in [2.24, 2.45) is 0 Å². The molecule has 0 amide bonds. The lowest BCUT2D eigenvalue weighted by atomic mass is 9.89. The van der Waals surface area contributed by atoms with Gasteiger partial charge in [0.25, 0.3) is 0 Å². The van der Waals surface area contributed by atoms with Crippen molar-refractivity contribution in [3.05, 3.63) is 70.7 Å². The topological polar surface area (TPSA) is 0 Å². The van der Waals surface area contributed by atoms with E-state index < -0.39 is 0 Å². The molecule has 0 fully saturated rings. The van der Waals surface area contributed by atoms with E-state index in [1.54, 1.807) is 0 Å². The summed E-state index contributed by atoms with van der Waals surface area (Å²) < 4.78 is 0. The maximum absolute atomic E-state index is 6.07. The Morgan fingerprint density at radius 1 is 0.909 bits per heavy atom. The molecule has 0 spiro atoms. The molecule has 0 aliphatic carbocycles. The molecule has 0 radical (unpaired) electrons. The van der Waals surface area contributed by atoms with E-state index in [1.165, 1.54) is 45.9 Å². The number of hydrogen-bond acceptors (Lipinski definition) is 0. The molecule has 0 aliphatic rings. The summed E-state index contributed by atoms with van der Waals surface area (Å²) in [5.41, 5.74) is 5.43. The normalized spacial score (nSPS) is 11.0. The second-order valence-electron chi connectivity index (χ2n) is 5.88. The van der Waals surface area contributed by atoms with Crippen LogP contribution >= 0.6 is 11.6 Å². The Labute approximate surface area is 137 Å². The highest BCUT2D eigenvalue weighted by Crippen LogP contribution is 2.35. The third-order valence-corrected chi connectivity index (χ3v) is 4.52. The molecule has 1 heteroatoms. The summed E-state index contributed by atoms with van der Waals surface area (Å²) in [6.07, 6.45) is 3.56. The second kappa shape index (κ2) is 6.54. The summed E-state index contributed by atoms with van der Waals surface area (Å²) in [5, 5.41) is 3.47. The van der Waals surface area contributed by atoms with Crippen LogP contribution in [0.5, 0.6) is 0 Å². The van der Waals surface area contributed by atoms with Gasteiger partial charge in [0.2, 0.25) is 0 Å². The van der Waals surface area contributed by atoms with E-state index in [2.05, 4.69) is 56.3 Å². The van der Waals surface area contributed by atoms with E-state index in [9.17, 15) is 0 Å². The van der Waals surface area contributed by atoms with Crippen molar-refractivity contribution in [3.63, 3.8) is 0 Å². The monoisotopic (exact) mass is 308 g/mol. The Hall–Kier alpha value is -1.79. The van der Waals surface area contributed by atoms with Crippen molar-refractivity contribution in [1.82, 2.24) is 0 Å². The molecule has 0 nitrogen and oxygen atoms in total. The van der Waals surface area contributed by atoms with Crippen molar-refractivity contribution >= 4 is 22.4 Å². The molecule has 3 aromatic rings. The highest BCUT2D eigenvalue weighted by atomic mass is 35.5. The Morgan fingerprint density at radius 2 is 1.59 bits per heavy atom. The quantitative estimate of drug-likeness (QED) is 0.496. The summed E-state index contributed by atoms with van der Waals surface area (Å²) in [4.78, 5) is 0. The van der Waals surface area contributed by atoms with Crippen LogP contribution in [0, 0.1) is 6.92 Å². The van der Waals surface area contributed by atoms with E-state index in [4.69, 9.17) is 11.6 Å². The summed E-state index contributed by atoms with van der Waals surface area (Å²) in [5.74, 6) is 0. The molecule has 0 saturated carbocycles. The van der Waals surface area contributed by atoms with Crippen molar-refractivity contribution in [3.8, 4) is 11.1 Å².